The molecule has 0 aromatic heterocycles. The van der Waals surface area contributed by atoms with Gasteiger partial charge in [0.15, 0.2) is 0 Å². The molecule has 0 amide bonds. The molecule has 2 heteroatoms. The molecule has 0 N–H and O–H groups in total. The van der Waals surface area contributed by atoms with Crippen LogP contribution in [0.15, 0.2) is 23.8 Å². The molecule has 0 spiro atoms. The predicted molar refractivity (Wildman–Crippen MR) is 193 cm³/mol. The van der Waals surface area contributed by atoms with Crippen LogP contribution in [0.25, 0.3) is 0 Å². The number of ether oxygens (including phenoxy) is 1. The maximum absolute atomic E-state index is 12.8. The Hall–Kier alpha value is -1.05. The van der Waals surface area contributed by atoms with Crippen LogP contribution in [0.3, 0.4) is 0 Å². The van der Waals surface area contributed by atoms with E-state index in [-0.39, 0.29) is 12.1 Å². The van der Waals surface area contributed by atoms with E-state index < -0.39 is 0 Å². The summed E-state index contributed by atoms with van der Waals surface area (Å²) in [7, 11) is 0. The minimum Gasteiger partial charge on any atom is -0.462 e. The fourth-order valence-corrected chi connectivity index (χ4v) is 11.0. The molecule has 45 heavy (non-hydrogen) atoms. The van der Waals surface area contributed by atoms with Crippen molar-refractivity contribution in [1.82, 2.24) is 0 Å². The Labute approximate surface area is 280 Å². The predicted octanol–water partition coefficient (Wildman–Crippen LogP) is 13.2. The Morgan fingerprint density at radius 2 is 1.56 bits per heavy atom. The lowest BCUT2D eigenvalue weighted by Gasteiger charge is -2.58. The van der Waals surface area contributed by atoms with E-state index in [1.54, 1.807) is 5.57 Å². The van der Waals surface area contributed by atoms with Crippen molar-refractivity contribution in [2.45, 2.75) is 195 Å². The van der Waals surface area contributed by atoms with Crippen molar-refractivity contribution in [2.75, 3.05) is 0 Å². The maximum Gasteiger partial charge on any atom is 0.306 e. The maximum atomic E-state index is 12.8. The van der Waals surface area contributed by atoms with Crippen molar-refractivity contribution in [1.29, 1.82) is 0 Å². The van der Waals surface area contributed by atoms with Gasteiger partial charge in [-0.05, 0) is 123 Å². The molecule has 2 nitrogen and oxygen atoms in total. The zero-order valence-corrected chi connectivity index (χ0v) is 30.9. The molecule has 0 aliphatic heterocycles. The second kappa shape index (κ2) is 17.9. The highest BCUT2D eigenvalue weighted by molar-refractivity contribution is 5.69. The highest BCUT2D eigenvalue weighted by Crippen LogP contribution is 2.67. The van der Waals surface area contributed by atoms with Crippen LogP contribution < -0.4 is 0 Å². The van der Waals surface area contributed by atoms with Gasteiger partial charge in [-0.15, -0.1) is 0 Å². The van der Waals surface area contributed by atoms with Crippen molar-refractivity contribution >= 4 is 5.97 Å². The first kappa shape index (κ1) is 36.8. The molecule has 1 unspecified atom stereocenters. The van der Waals surface area contributed by atoms with E-state index in [9.17, 15) is 4.79 Å². The normalized spacial score (nSPS) is 33.5. The number of carbonyl (C=O) groups is 1. The average Bonchev–Trinajstić information content (AvgIpc) is 3.37. The van der Waals surface area contributed by atoms with Gasteiger partial charge in [-0.1, -0.05) is 123 Å². The van der Waals surface area contributed by atoms with Crippen molar-refractivity contribution in [3.05, 3.63) is 23.8 Å². The molecule has 0 aromatic carbocycles. The zero-order chi connectivity index (χ0) is 32.3. The monoisotopic (exact) mass is 623 g/mol. The molecule has 3 saturated carbocycles. The van der Waals surface area contributed by atoms with Crippen LogP contribution in [-0.2, 0) is 9.53 Å². The Balaban J connectivity index is 1.16. The Morgan fingerprint density at radius 1 is 0.844 bits per heavy atom. The second-order valence-electron chi connectivity index (χ2n) is 17.3. The van der Waals surface area contributed by atoms with E-state index in [4.69, 9.17) is 4.74 Å². The summed E-state index contributed by atoms with van der Waals surface area (Å²) in [5, 5.41) is 0. The fourth-order valence-electron chi connectivity index (χ4n) is 11.0. The molecule has 0 saturated heterocycles. The number of allylic oxidation sites excluding steroid dienone is 3. The van der Waals surface area contributed by atoms with Gasteiger partial charge in [0, 0.05) is 12.8 Å². The van der Waals surface area contributed by atoms with Gasteiger partial charge < -0.3 is 4.74 Å². The van der Waals surface area contributed by atoms with Gasteiger partial charge in [0.1, 0.15) is 6.10 Å². The number of esters is 1. The Morgan fingerprint density at radius 3 is 2.29 bits per heavy atom. The standard InChI is InChI=1S/C43H74O2/c1-7-8-9-10-11-12-13-14-15-16-17-18-19-23-41(44)45-36-28-30-42(5)35(32-36)24-25-37-39-27-26-38(34(4)22-20-21-33(2)3)43(39,6)31-29-40(37)42/h12-13,24,33-34,36-40H,7-11,14-23,25-32H2,1-6H3/b13-12-/t34-,36?,37+,38-,39+,40+,42+,43-/m1/s1. The minimum absolute atomic E-state index is 0.0526. The third kappa shape index (κ3) is 9.75. The molecule has 0 heterocycles. The highest BCUT2D eigenvalue weighted by atomic mass is 16.5. The summed E-state index contributed by atoms with van der Waals surface area (Å²) in [6.45, 7) is 14.9. The summed E-state index contributed by atoms with van der Waals surface area (Å²) in [4.78, 5) is 12.8. The summed E-state index contributed by atoms with van der Waals surface area (Å²) >= 11 is 0. The van der Waals surface area contributed by atoms with Gasteiger partial charge in [0.05, 0.1) is 0 Å². The largest absolute Gasteiger partial charge is 0.462 e. The van der Waals surface area contributed by atoms with Crippen LogP contribution in [0.2, 0.25) is 0 Å². The number of hydrogen-bond acceptors (Lipinski definition) is 2. The van der Waals surface area contributed by atoms with E-state index in [1.807, 2.05) is 0 Å². The molecule has 258 valence electrons. The number of unbranched alkanes of at least 4 members (excludes halogenated alkanes) is 9. The molecule has 8 atom stereocenters. The van der Waals surface area contributed by atoms with Crippen LogP contribution in [0.4, 0.5) is 0 Å². The SMILES string of the molecule is CCCCCC/C=C\CCCCCCCC(=O)OC1CC[C@@]2(C)C(=CC[C@H]3[C@@H]4CC[C@H]([C@H](C)CCCC(C)C)[C@@]4(C)CC[C@@H]32)C1. The van der Waals surface area contributed by atoms with Crippen molar-refractivity contribution in [3.63, 3.8) is 0 Å². The lowest BCUT2D eigenvalue weighted by atomic mass is 9.47. The molecule has 3 fully saturated rings. The van der Waals surface area contributed by atoms with Gasteiger partial charge in [0.2, 0.25) is 0 Å². The van der Waals surface area contributed by atoms with E-state index in [1.165, 1.54) is 116 Å². The summed E-state index contributed by atoms with van der Waals surface area (Å²) in [5.41, 5.74) is 2.53. The van der Waals surface area contributed by atoms with Gasteiger partial charge >= 0.3 is 5.97 Å². The number of fused-ring (bicyclic) bond motifs is 5. The molecule has 4 rings (SSSR count). The summed E-state index contributed by atoms with van der Waals surface area (Å²) in [6.07, 6.45) is 36.5. The van der Waals surface area contributed by atoms with Gasteiger partial charge in [-0.3, -0.25) is 4.79 Å². The third-order valence-electron chi connectivity index (χ3n) is 13.7. The van der Waals surface area contributed by atoms with E-state index in [0.29, 0.717) is 17.3 Å². The van der Waals surface area contributed by atoms with E-state index >= 15 is 0 Å². The topological polar surface area (TPSA) is 26.3 Å². The van der Waals surface area contributed by atoms with Crippen LogP contribution in [0, 0.1) is 46.3 Å². The van der Waals surface area contributed by atoms with Crippen LogP contribution in [0.5, 0.6) is 0 Å². The number of rotatable bonds is 19. The Bertz CT molecular complexity index is 945. The zero-order valence-electron chi connectivity index (χ0n) is 30.9. The minimum atomic E-state index is 0.0526. The number of carbonyl (C=O) groups excluding carboxylic acids is 1. The van der Waals surface area contributed by atoms with Crippen LogP contribution >= 0.6 is 0 Å². The van der Waals surface area contributed by atoms with Gasteiger partial charge in [-0.25, -0.2) is 0 Å². The molecule has 4 aliphatic rings. The molecule has 4 aliphatic carbocycles. The van der Waals surface area contributed by atoms with Crippen LogP contribution in [0.1, 0.15) is 189 Å². The highest BCUT2D eigenvalue weighted by Gasteiger charge is 2.59. The van der Waals surface area contributed by atoms with E-state index in [2.05, 4.69) is 59.8 Å². The molecular weight excluding hydrogens is 548 g/mol. The van der Waals surface area contributed by atoms with Gasteiger partial charge in [0.25, 0.3) is 0 Å². The van der Waals surface area contributed by atoms with Crippen molar-refractivity contribution in [3.8, 4) is 0 Å². The number of hydrogen-bond donors (Lipinski definition) is 0. The fraction of sp³-hybridized carbons (Fsp3) is 0.884. The summed E-state index contributed by atoms with van der Waals surface area (Å²) in [5.74, 6) is 5.32. The van der Waals surface area contributed by atoms with Crippen molar-refractivity contribution < 1.29 is 9.53 Å². The smallest absolute Gasteiger partial charge is 0.306 e. The molecule has 0 aromatic rings. The van der Waals surface area contributed by atoms with E-state index in [0.717, 1.165) is 61.2 Å². The van der Waals surface area contributed by atoms with Crippen LogP contribution in [-0.4, -0.2) is 12.1 Å². The van der Waals surface area contributed by atoms with Gasteiger partial charge in [-0.2, -0.15) is 0 Å². The van der Waals surface area contributed by atoms with Crippen molar-refractivity contribution in [2.24, 2.45) is 46.3 Å². The first-order chi connectivity index (χ1) is 21.7. The third-order valence-corrected chi connectivity index (χ3v) is 13.7. The lowest BCUT2D eigenvalue weighted by molar-refractivity contribution is -0.151. The quantitative estimate of drug-likeness (QED) is 0.0814. The first-order valence-corrected chi connectivity index (χ1v) is 20.2. The Kier molecular flexibility index (Phi) is 14.6. The summed E-state index contributed by atoms with van der Waals surface area (Å²) in [6, 6.07) is 0. The first-order valence-electron chi connectivity index (χ1n) is 20.2. The lowest BCUT2D eigenvalue weighted by Crippen LogP contribution is -2.51. The second-order valence-corrected chi connectivity index (χ2v) is 17.3. The molecule has 0 bridgehead atoms. The molecule has 0 radical (unpaired) electrons. The molecular formula is C43H74O2. The average molecular weight is 623 g/mol. The summed E-state index contributed by atoms with van der Waals surface area (Å²) < 4.78 is 6.11.